The van der Waals surface area contributed by atoms with Crippen LogP contribution in [0.4, 0.5) is 5.69 Å². The Bertz CT molecular complexity index is 1290. The van der Waals surface area contributed by atoms with E-state index < -0.39 is 21.7 Å². The lowest BCUT2D eigenvalue weighted by molar-refractivity contribution is -0.116. The summed E-state index contributed by atoms with van der Waals surface area (Å²) in [4.78, 5) is 24.8. The molecule has 1 amide bonds. The first-order valence-corrected chi connectivity index (χ1v) is 11.3. The summed E-state index contributed by atoms with van der Waals surface area (Å²) in [5.74, 6) is -1.17. The van der Waals surface area contributed by atoms with Gasteiger partial charge in [0, 0.05) is 29.9 Å². The van der Waals surface area contributed by atoms with E-state index in [1.807, 2.05) is 0 Å². The largest absolute Gasteiger partial charge is 0.420 e. The first kappa shape index (κ1) is 20.6. The molecule has 1 saturated heterocycles. The van der Waals surface area contributed by atoms with Crippen molar-refractivity contribution in [1.29, 1.82) is 0 Å². The molecule has 10 heteroatoms. The Balaban J connectivity index is 1.61. The number of halogens is 1. The number of nitrogens with one attached hydrogen (secondary N) is 1. The number of rotatable bonds is 5. The molecule has 0 spiro atoms. The summed E-state index contributed by atoms with van der Waals surface area (Å²) in [6.07, 6.45) is 1.66. The van der Waals surface area contributed by atoms with Crippen LogP contribution < -0.4 is 11.1 Å². The van der Waals surface area contributed by atoms with Gasteiger partial charge in [-0.05, 0) is 49.6 Å². The first-order chi connectivity index (χ1) is 14.3. The summed E-state index contributed by atoms with van der Waals surface area (Å²) in [5, 5.41) is 3.25. The van der Waals surface area contributed by atoms with E-state index in [4.69, 9.17) is 16.0 Å². The SMILES string of the molecule is Cc1c(Cl)cccc1NC(=O)Cn1c(=O)oc2cc(S(=O)(=O)N3CCCC3)ccc21. The Morgan fingerprint density at radius 2 is 1.93 bits per heavy atom. The third kappa shape index (κ3) is 3.76. The van der Waals surface area contributed by atoms with Crippen molar-refractivity contribution in [3.05, 3.63) is 57.5 Å². The molecular weight excluding hydrogens is 430 g/mol. The van der Waals surface area contributed by atoms with E-state index in [9.17, 15) is 18.0 Å². The number of fused-ring (bicyclic) bond motifs is 1. The van der Waals surface area contributed by atoms with E-state index in [0.29, 0.717) is 34.9 Å². The molecule has 8 nitrogen and oxygen atoms in total. The van der Waals surface area contributed by atoms with Crippen LogP contribution in [0.2, 0.25) is 5.02 Å². The fraction of sp³-hybridized carbons (Fsp3) is 0.300. The van der Waals surface area contributed by atoms with Gasteiger partial charge >= 0.3 is 5.76 Å². The predicted molar refractivity (Wildman–Crippen MR) is 113 cm³/mol. The van der Waals surface area contributed by atoms with E-state index in [0.717, 1.165) is 17.4 Å². The van der Waals surface area contributed by atoms with Crippen LogP contribution in [0.1, 0.15) is 18.4 Å². The van der Waals surface area contributed by atoms with Crippen molar-refractivity contribution >= 4 is 44.3 Å². The molecule has 3 aromatic rings. The number of aromatic nitrogens is 1. The van der Waals surface area contributed by atoms with Crippen molar-refractivity contribution in [1.82, 2.24) is 8.87 Å². The number of nitrogens with zero attached hydrogens (tertiary/aromatic N) is 2. The molecule has 158 valence electrons. The van der Waals surface area contributed by atoms with Crippen LogP contribution in [0, 0.1) is 6.92 Å². The highest BCUT2D eigenvalue weighted by molar-refractivity contribution is 7.89. The molecule has 4 rings (SSSR count). The summed E-state index contributed by atoms with van der Waals surface area (Å²) in [5.41, 5.74) is 1.73. The molecule has 0 aliphatic carbocycles. The molecule has 0 saturated carbocycles. The number of hydrogen-bond acceptors (Lipinski definition) is 5. The van der Waals surface area contributed by atoms with Gasteiger partial charge in [-0.1, -0.05) is 17.7 Å². The van der Waals surface area contributed by atoms with Crippen molar-refractivity contribution in [3.8, 4) is 0 Å². The molecule has 0 bridgehead atoms. The van der Waals surface area contributed by atoms with Crippen LogP contribution in [0.15, 0.2) is 50.5 Å². The van der Waals surface area contributed by atoms with Crippen LogP contribution >= 0.6 is 11.6 Å². The summed E-state index contributed by atoms with van der Waals surface area (Å²) < 4.78 is 33.3. The molecule has 30 heavy (non-hydrogen) atoms. The molecule has 0 unspecified atom stereocenters. The summed E-state index contributed by atoms with van der Waals surface area (Å²) >= 11 is 6.07. The number of anilines is 1. The maximum absolute atomic E-state index is 12.7. The second-order valence-corrected chi connectivity index (χ2v) is 9.50. The van der Waals surface area contributed by atoms with Crippen LogP contribution in [-0.2, 0) is 21.4 Å². The normalized spacial score (nSPS) is 15.0. The van der Waals surface area contributed by atoms with Crippen molar-refractivity contribution in [3.63, 3.8) is 0 Å². The minimum atomic E-state index is -3.64. The van der Waals surface area contributed by atoms with E-state index in [1.165, 1.54) is 22.5 Å². The molecule has 1 aliphatic rings. The van der Waals surface area contributed by atoms with Gasteiger partial charge in [0.05, 0.1) is 10.4 Å². The highest BCUT2D eigenvalue weighted by Crippen LogP contribution is 2.25. The third-order valence-electron chi connectivity index (χ3n) is 5.19. The van der Waals surface area contributed by atoms with Gasteiger partial charge in [0.25, 0.3) is 0 Å². The second kappa shape index (κ2) is 7.90. The lowest BCUT2D eigenvalue weighted by atomic mass is 10.2. The molecular formula is C20H20ClN3O5S. The monoisotopic (exact) mass is 449 g/mol. The molecule has 1 aliphatic heterocycles. The fourth-order valence-electron chi connectivity index (χ4n) is 3.51. The molecule has 2 aromatic carbocycles. The molecule has 1 N–H and O–H groups in total. The number of carbonyl (C=O) groups is 1. The van der Waals surface area contributed by atoms with Crippen molar-refractivity contribution < 1.29 is 17.6 Å². The molecule has 1 aromatic heterocycles. The second-order valence-electron chi connectivity index (χ2n) is 7.16. The Hall–Kier alpha value is -2.62. The lowest BCUT2D eigenvalue weighted by Gasteiger charge is -2.15. The Labute approximate surface area is 178 Å². The lowest BCUT2D eigenvalue weighted by Crippen LogP contribution is -2.27. The number of amides is 1. The standard InChI is InChI=1S/C20H20ClN3O5S/c1-13-15(21)5-4-6-16(13)22-19(25)12-24-17-8-7-14(11-18(17)29-20(24)26)30(27,28)23-9-2-3-10-23/h4-8,11H,2-3,9-10,12H2,1H3,(H,22,25). The van der Waals surface area contributed by atoms with Crippen LogP contribution in [0.3, 0.4) is 0 Å². The van der Waals surface area contributed by atoms with Crippen LogP contribution in [-0.4, -0.2) is 36.3 Å². The highest BCUT2D eigenvalue weighted by Gasteiger charge is 2.28. The van der Waals surface area contributed by atoms with Gasteiger partial charge in [0.15, 0.2) is 5.58 Å². The predicted octanol–water partition coefficient (Wildman–Crippen LogP) is 2.98. The minimum absolute atomic E-state index is 0.0665. The number of hydrogen-bond donors (Lipinski definition) is 1. The fourth-order valence-corrected chi connectivity index (χ4v) is 5.22. The number of benzene rings is 2. The van der Waals surface area contributed by atoms with Crippen molar-refractivity contribution in [2.75, 3.05) is 18.4 Å². The zero-order valence-corrected chi connectivity index (χ0v) is 17.8. The van der Waals surface area contributed by atoms with E-state index >= 15 is 0 Å². The smallest absolute Gasteiger partial charge is 0.408 e. The topological polar surface area (TPSA) is 102 Å². The van der Waals surface area contributed by atoms with Gasteiger partial charge < -0.3 is 9.73 Å². The van der Waals surface area contributed by atoms with Crippen molar-refractivity contribution in [2.24, 2.45) is 0 Å². The maximum Gasteiger partial charge on any atom is 0.420 e. The minimum Gasteiger partial charge on any atom is -0.408 e. The third-order valence-corrected chi connectivity index (χ3v) is 7.49. The van der Waals surface area contributed by atoms with E-state index in [1.54, 1.807) is 25.1 Å². The van der Waals surface area contributed by atoms with Gasteiger partial charge in [-0.15, -0.1) is 0 Å². The summed E-state index contributed by atoms with van der Waals surface area (Å²) in [6, 6.07) is 9.40. The van der Waals surface area contributed by atoms with Crippen LogP contribution in [0.5, 0.6) is 0 Å². The average molecular weight is 450 g/mol. The molecule has 0 atom stereocenters. The van der Waals surface area contributed by atoms with Crippen LogP contribution in [0.25, 0.3) is 11.1 Å². The zero-order chi connectivity index (χ0) is 21.5. The van der Waals surface area contributed by atoms with Crippen molar-refractivity contribution in [2.45, 2.75) is 31.2 Å². The zero-order valence-electron chi connectivity index (χ0n) is 16.2. The van der Waals surface area contributed by atoms with Gasteiger partial charge in [0.1, 0.15) is 6.54 Å². The van der Waals surface area contributed by atoms with Gasteiger partial charge in [-0.25, -0.2) is 13.2 Å². The average Bonchev–Trinajstić information content (AvgIpc) is 3.34. The Morgan fingerprint density at radius 3 is 2.67 bits per heavy atom. The van der Waals surface area contributed by atoms with Gasteiger partial charge in [0.2, 0.25) is 15.9 Å². The van der Waals surface area contributed by atoms with Gasteiger partial charge in [-0.2, -0.15) is 4.31 Å². The van der Waals surface area contributed by atoms with E-state index in [2.05, 4.69) is 5.32 Å². The van der Waals surface area contributed by atoms with E-state index in [-0.39, 0.29) is 17.0 Å². The molecule has 0 radical (unpaired) electrons. The molecule has 2 heterocycles. The Kier molecular flexibility index (Phi) is 5.44. The number of oxazole rings is 1. The van der Waals surface area contributed by atoms with Gasteiger partial charge in [-0.3, -0.25) is 9.36 Å². The number of carbonyl (C=O) groups excluding carboxylic acids is 1. The summed E-state index contributed by atoms with van der Waals surface area (Å²) in [7, 11) is -3.64. The molecule has 1 fully saturated rings. The number of sulfonamides is 1. The maximum atomic E-state index is 12.7. The Morgan fingerprint density at radius 1 is 1.20 bits per heavy atom. The summed E-state index contributed by atoms with van der Waals surface area (Å²) in [6.45, 7) is 2.46. The first-order valence-electron chi connectivity index (χ1n) is 9.46. The highest BCUT2D eigenvalue weighted by atomic mass is 35.5. The quantitative estimate of drug-likeness (QED) is 0.645.